The predicted octanol–water partition coefficient (Wildman–Crippen LogP) is 3.28. The summed E-state index contributed by atoms with van der Waals surface area (Å²) in [7, 11) is 0. The van der Waals surface area contributed by atoms with E-state index in [4.69, 9.17) is 4.98 Å². The quantitative estimate of drug-likeness (QED) is 0.657. The van der Waals surface area contributed by atoms with E-state index in [1.54, 1.807) is 6.33 Å². The summed E-state index contributed by atoms with van der Waals surface area (Å²) in [4.78, 5) is 14.7. The van der Waals surface area contributed by atoms with E-state index in [0.717, 1.165) is 59.4 Å². The van der Waals surface area contributed by atoms with Gasteiger partial charge in [0.25, 0.3) is 0 Å². The Hall–Kier alpha value is -1.73. The van der Waals surface area contributed by atoms with Crippen molar-refractivity contribution in [2.75, 3.05) is 31.1 Å². The largest absolute Gasteiger partial charge is 0.351 e. The molecule has 2 aromatic heterocycles. The maximum atomic E-state index is 5.14. The Morgan fingerprint density at radius 1 is 1.23 bits per heavy atom. The number of fused-ring (bicyclic) bond motifs is 4. The number of aryl methyl sites for hydroxylation is 1. The molecule has 7 heteroatoms. The van der Waals surface area contributed by atoms with Crippen LogP contribution in [0.3, 0.4) is 0 Å². The maximum Gasteiger partial charge on any atom is 0.199 e. The number of halogens is 1. The number of anilines is 1. The number of piperazine rings is 1. The minimum absolute atomic E-state index is 0.657. The van der Waals surface area contributed by atoms with E-state index in [9.17, 15) is 0 Å². The lowest BCUT2D eigenvalue weighted by Gasteiger charge is -2.38. The first-order valence-corrected chi connectivity index (χ1v) is 10.3. The molecule has 0 amide bonds. The first kappa shape index (κ1) is 16.4. The Kier molecular flexibility index (Phi) is 4.09. The summed E-state index contributed by atoms with van der Waals surface area (Å²) in [6.45, 7) is 6.63. The standard InChI is InChI=1S/C19H23BrN6/c1-2-4-13-9-14(20)10-16-17(13)23-19(18-21-12-22-26(16)18)25-8-7-24-6-3-5-15(24)11-25/h9-10,12,15H,2-8,11H2,1H3. The number of benzene rings is 1. The smallest absolute Gasteiger partial charge is 0.199 e. The van der Waals surface area contributed by atoms with Gasteiger partial charge < -0.3 is 4.90 Å². The summed E-state index contributed by atoms with van der Waals surface area (Å²) in [5.41, 5.74) is 4.22. The summed E-state index contributed by atoms with van der Waals surface area (Å²) >= 11 is 3.65. The van der Waals surface area contributed by atoms with Gasteiger partial charge in [-0.2, -0.15) is 5.10 Å². The molecule has 0 bridgehead atoms. The van der Waals surface area contributed by atoms with E-state index in [1.165, 1.54) is 24.9 Å². The first-order chi connectivity index (χ1) is 12.7. The summed E-state index contributed by atoms with van der Waals surface area (Å²) < 4.78 is 3.03. The lowest BCUT2D eigenvalue weighted by Crippen LogP contribution is -2.50. The fourth-order valence-corrected chi connectivity index (χ4v) is 5.01. The number of rotatable bonds is 3. The number of nitrogens with zero attached hydrogens (tertiary/aromatic N) is 6. The molecule has 4 heterocycles. The minimum Gasteiger partial charge on any atom is -0.351 e. The van der Waals surface area contributed by atoms with E-state index >= 15 is 0 Å². The molecule has 1 aromatic carbocycles. The molecule has 6 nitrogen and oxygen atoms in total. The Labute approximate surface area is 161 Å². The van der Waals surface area contributed by atoms with Gasteiger partial charge in [-0.25, -0.2) is 14.5 Å². The predicted molar refractivity (Wildman–Crippen MR) is 107 cm³/mol. The van der Waals surface area contributed by atoms with Crippen molar-refractivity contribution in [3.8, 4) is 0 Å². The first-order valence-electron chi connectivity index (χ1n) is 9.55. The molecular weight excluding hydrogens is 392 g/mol. The zero-order chi connectivity index (χ0) is 17.7. The van der Waals surface area contributed by atoms with E-state index < -0.39 is 0 Å². The van der Waals surface area contributed by atoms with Crippen LogP contribution in [0.15, 0.2) is 22.9 Å². The third-order valence-corrected chi connectivity index (χ3v) is 6.19. The van der Waals surface area contributed by atoms with Gasteiger partial charge in [0.15, 0.2) is 11.5 Å². The summed E-state index contributed by atoms with van der Waals surface area (Å²) in [5.74, 6) is 0.987. The molecule has 0 aliphatic carbocycles. The summed E-state index contributed by atoms with van der Waals surface area (Å²) in [6, 6.07) is 4.95. The lowest BCUT2D eigenvalue weighted by atomic mass is 10.1. The average molecular weight is 415 g/mol. The summed E-state index contributed by atoms with van der Waals surface area (Å²) in [6.07, 6.45) is 6.36. The van der Waals surface area contributed by atoms with Crippen LogP contribution in [0.5, 0.6) is 0 Å². The Bertz CT molecular complexity index is 967. The van der Waals surface area contributed by atoms with E-state index in [2.05, 4.69) is 54.9 Å². The van der Waals surface area contributed by atoms with Crippen LogP contribution >= 0.6 is 15.9 Å². The molecule has 5 rings (SSSR count). The van der Waals surface area contributed by atoms with Crippen molar-refractivity contribution in [1.82, 2.24) is 24.5 Å². The fourth-order valence-electron chi connectivity index (χ4n) is 4.51. The van der Waals surface area contributed by atoms with Crippen LogP contribution in [0.25, 0.3) is 16.7 Å². The highest BCUT2D eigenvalue weighted by Gasteiger charge is 2.32. The van der Waals surface area contributed by atoms with Gasteiger partial charge in [-0.1, -0.05) is 29.3 Å². The van der Waals surface area contributed by atoms with E-state index in [1.807, 2.05) is 4.52 Å². The van der Waals surface area contributed by atoms with Crippen LogP contribution < -0.4 is 4.90 Å². The monoisotopic (exact) mass is 414 g/mol. The Morgan fingerprint density at radius 2 is 2.15 bits per heavy atom. The van der Waals surface area contributed by atoms with Crippen molar-refractivity contribution in [2.24, 2.45) is 0 Å². The highest BCUT2D eigenvalue weighted by molar-refractivity contribution is 9.10. The van der Waals surface area contributed by atoms with Crippen molar-refractivity contribution in [3.05, 3.63) is 28.5 Å². The Balaban J connectivity index is 1.68. The molecule has 0 radical (unpaired) electrons. The molecule has 2 saturated heterocycles. The van der Waals surface area contributed by atoms with Gasteiger partial charge in [0, 0.05) is 30.1 Å². The van der Waals surface area contributed by atoms with Gasteiger partial charge in [0.1, 0.15) is 6.33 Å². The molecule has 3 aromatic rings. The van der Waals surface area contributed by atoms with Crippen LogP contribution in [0, 0.1) is 0 Å². The molecule has 2 aliphatic heterocycles. The normalized spacial score (nSPS) is 21.0. The second kappa shape index (κ2) is 6.46. The third-order valence-electron chi connectivity index (χ3n) is 5.73. The second-order valence-electron chi connectivity index (χ2n) is 7.39. The van der Waals surface area contributed by atoms with Crippen LogP contribution in [0.1, 0.15) is 31.7 Å². The highest BCUT2D eigenvalue weighted by Crippen LogP contribution is 2.31. The second-order valence-corrected chi connectivity index (χ2v) is 8.31. The van der Waals surface area contributed by atoms with Gasteiger partial charge in [-0.05, 0) is 43.5 Å². The van der Waals surface area contributed by atoms with E-state index in [0.29, 0.717) is 6.04 Å². The SMILES string of the molecule is CCCc1cc(Br)cc2c1nc(N1CCN3CCCC3C1)c1ncnn12. The molecule has 0 spiro atoms. The Morgan fingerprint density at radius 3 is 3.04 bits per heavy atom. The molecule has 0 N–H and O–H groups in total. The van der Waals surface area contributed by atoms with Crippen molar-refractivity contribution < 1.29 is 0 Å². The molecule has 1 unspecified atom stereocenters. The van der Waals surface area contributed by atoms with Gasteiger partial charge in [0.2, 0.25) is 0 Å². The minimum atomic E-state index is 0.657. The molecule has 26 heavy (non-hydrogen) atoms. The van der Waals surface area contributed by atoms with Gasteiger partial charge >= 0.3 is 0 Å². The van der Waals surface area contributed by atoms with Gasteiger partial charge in [0.05, 0.1) is 11.0 Å². The zero-order valence-corrected chi connectivity index (χ0v) is 16.6. The van der Waals surface area contributed by atoms with Crippen LogP contribution in [-0.4, -0.2) is 56.7 Å². The van der Waals surface area contributed by atoms with Crippen molar-refractivity contribution in [1.29, 1.82) is 0 Å². The fraction of sp³-hybridized carbons (Fsp3) is 0.526. The van der Waals surface area contributed by atoms with Crippen molar-refractivity contribution in [2.45, 2.75) is 38.6 Å². The molecule has 136 valence electrons. The summed E-state index contributed by atoms with van der Waals surface area (Å²) in [5, 5.41) is 4.52. The van der Waals surface area contributed by atoms with Crippen molar-refractivity contribution >= 4 is 38.4 Å². The van der Waals surface area contributed by atoms with Crippen molar-refractivity contribution in [3.63, 3.8) is 0 Å². The van der Waals surface area contributed by atoms with E-state index in [-0.39, 0.29) is 0 Å². The van der Waals surface area contributed by atoms with Crippen LogP contribution in [0.2, 0.25) is 0 Å². The number of hydrogen-bond donors (Lipinski definition) is 0. The zero-order valence-electron chi connectivity index (χ0n) is 15.0. The molecule has 0 saturated carbocycles. The molecule has 2 fully saturated rings. The maximum absolute atomic E-state index is 5.14. The lowest BCUT2D eigenvalue weighted by molar-refractivity contribution is 0.230. The molecule has 1 atom stereocenters. The number of hydrogen-bond acceptors (Lipinski definition) is 5. The van der Waals surface area contributed by atoms with Gasteiger partial charge in [-0.15, -0.1) is 0 Å². The number of aromatic nitrogens is 4. The topological polar surface area (TPSA) is 49.6 Å². The van der Waals surface area contributed by atoms with Crippen LogP contribution in [0.4, 0.5) is 5.82 Å². The van der Waals surface area contributed by atoms with Gasteiger partial charge in [-0.3, -0.25) is 4.90 Å². The average Bonchev–Trinajstić information content (AvgIpc) is 3.30. The van der Waals surface area contributed by atoms with Crippen LogP contribution in [-0.2, 0) is 6.42 Å². The third kappa shape index (κ3) is 2.60. The molecular formula is C19H23BrN6. The highest BCUT2D eigenvalue weighted by atomic mass is 79.9. The molecule has 2 aliphatic rings.